The van der Waals surface area contributed by atoms with E-state index >= 15 is 0 Å². The van der Waals surface area contributed by atoms with E-state index in [1.165, 1.54) is 7.11 Å². The van der Waals surface area contributed by atoms with E-state index in [0.29, 0.717) is 23.6 Å². The van der Waals surface area contributed by atoms with E-state index in [4.69, 9.17) is 21.1 Å². The first kappa shape index (κ1) is 19.9. The molecule has 0 fully saturated rings. The van der Waals surface area contributed by atoms with E-state index in [2.05, 4.69) is 11.9 Å². The number of carbonyl (C=O) groups excluding carboxylic acids is 1. The van der Waals surface area contributed by atoms with Crippen LogP contribution in [0, 0.1) is 0 Å². The molecule has 0 saturated carbocycles. The van der Waals surface area contributed by atoms with Gasteiger partial charge in [0.1, 0.15) is 5.75 Å². The molecule has 0 aliphatic carbocycles. The minimum atomic E-state index is -0.251. The molecule has 0 aromatic heterocycles. The van der Waals surface area contributed by atoms with Crippen molar-refractivity contribution in [2.24, 2.45) is 0 Å². The van der Waals surface area contributed by atoms with Gasteiger partial charge in [-0.1, -0.05) is 54.6 Å². The Balaban J connectivity index is 2.02. The Morgan fingerprint density at radius 2 is 1.88 bits per heavy atom. The molecule has 0 heterocycles. The molecule has 1 N–H and O–H groups in total. The summed E-state index contributed by atoms with van der Waals surface area (Å²) < 4.78 is 9.99. The SMILES string of the molecule is C=C(Cc1ccc(OC)c(Cl)c1)N[C@@H](CC(=O)OC)Cc1ccccc1. The third kappa shape index (κ3) is 6.12. The Morgan fingerprint density at radius 1 is 1.15 bits per heavy atom. The lowest BCUT2D eigenvalue weighted by Crippen LogP contribution is -2.33. The van der Waals surface area contributed by atoms with Gasteiger partial charge in [-0.2, -0.15) is 0 Å². The fourth-order valence-corrected chi connectivity index (χ4v) is 3.04. The summed E-state index contributed by atoms with van der Waals surface area (Å²) in [5.41, 5.74) is 2.98. The zero-order chi connectivity index (χ0) is 18.9. The van der Waals surface area contributed by atoms with E-state index in [1.54, 1.807) is 7.11 Å². The maximum absolute atomic E-state index is 11.7. The highest BCUT2D eigenvalue weighted by Gasteiger charge is 2.16. The van der Waals surface area contributed by atoms with Crippen molar-refractivity contribution >= 4 is 17.6 Å². The summed E-state index contributed by atoms with van der Waals surface area (Å²) in [6, 6.07) is 15.6. The molecule has 0 aliphatic heterocycles. The van der Waals surface area contributed by atoms with Crippen LogP contribution in [0.1, 0.15) is 17.5 Å². The average molecular weight is 374 g/mol. The number of carbonyl (C=O) groups is 1. The lowest BCUT2D eigenvalue weighted by atomic mass is 10.0. The van der Waals surface area contributed by atoms with Crippen LogP contribution in [0.25, 0.3) is 0 Å². The summed E-state index contributed by atoms with van der Waals surface area (Å²) in [6.07, 6.45) is 1.59. The molecular formula is C21H24ClNO3. The van der Waals surface area contributed by atoms with Crippen LogP contribution in [0.3, 0.4) is 0 Å². The van der Waals surface area contributed by atoms with Crippen molar-refractivity contribution < 1.29 is 14.3 Å². The molecule has 2 aromatic rings. The van der Waals surface area contributed by atoms with Gasteiger partial charge in [-0.05, 0) is 29.7 Å². The van der Waals surface area contributed by atoms with Gasteiger partial charge in [0.05, 0.1) is 25.7 Å². The second kappa shape index (κ2) is 9.88. The lowest BCUT2D eigenvalue weighted by molar-refractivity contribution is -0.141. The first-order valence-electron chi connectivity index (χ1n) is 8.39. The maximum Gasteiger partial charge on any atom is 0.307 e. The second-order valence-electron chi connectivity index (χ2n) is 6.06. The van der Waals surface area contributed by atoms with Crippen LogP contribution in [-0.2, 0) is 22.4 Å². The van der Waals surface area contributed by atoms with Gasteiger partial charge >= 0.3 is 5.97 Å². The molecule has 0 unspecified atom stereocenters. The summed E-state index contributed by atoms with van der Waals surface area (Å²) in [7, 11) is 2.98. The van der Waals surface area contributed by atoms with Crippen LogP contribution in [0.2, 0.25) is 5.02 Å². The zero-order valence-corrected chi connectivity index (χ0v) is 15.9. The molecule has 138 valence electrons. The molecule has 2 rings (SSSR count). The normalized spacial score (nSPS) is 11.5. The Morgan fingerprint density at radius 3 is 2.50 bits per heavy atom. The first-order chi connectivity index (χ1) is 12.5. The van der Waals surface area contributed by atoms with Gasteiger partial charge in [0.15, 0.2) is 0 Å². The summed E-state index contributed by atoms with van der Waals surface area (Å²) >= 11 is 6.18. The number of methoxy groups -OCH3 is 2. The van der Waals surface area contributed by atoms with E-state index < -0.39 is 0 Å². The number of allylic oxidation sites excluding steroid dienone is 1. The standard InChI is InChI=1S/C21H24ClNO3/c1-15(11-17-9-10-20(25-2)19(22)13-17)23-18(14-21(24)26-3)12-16-7-5-4-6-8-16/h4-10,13,18,23H,1,11-12,14H2,2-3H3/t18-/m1/s1. The molecule has 4 nitrogen and oxygen atoms in total. The molecular weight excluding hydrogens is 350 g/mol. The van der Waals surface area contributed by atoms with Gasteiger partial charge in [0, 0.05) is 18.2 Å². The minimum absolute atomic E-state index is 0.0916. The molecule has 0 aliphatic rings. The zero-order valence-electron chi connectivity index (χ0n) is 15.1. The van der Waals surface area contributed by atoms with E-state index in [1.807, 2.05) is 48.5 Å². The van der Waals surface area contributed by atoms with Crippen molar-refractivity contribution in [1.29, 1.82) is 0 Å². The summed E-state index contributed by atoms with van der Waals surface area (Å²) in [6.45, 7) is 4.10. The van der Waals surface area contributed by atoms with E-state index in [0.717, 1.165) is 16.8 Å². The number of halogens is 1. The average Bonchev–Trinajstić information content (AvgIpc) is 2.62. The number of hydrogen-bond donors (Lipinski definition) is 1. The van der Waals surface area contributed by atoms with Gasteiger partial charge < -0.3 is 14.8 Å². The Bertz CT molecular complexity index is 746. The van der Waals surface area contributed by atoms with Gasteiger partial charge in [0.2, 0.25) is 0 Å². The number of hydrogen-bond acceptors (Lipinski definition) is 4. The predicted octanol–water partition coefficient (Wildman–Crippen LogP) is 4.17. The van der Waals surface area contributed by atoms with Crippen LogP contribution < -0.4 is 10.1 Å². The molecule has 0 saturated heterocycles. The van der Waals surface area contributed by atoms with Gasteiger partial charge in [-0.15, -0.1) is 0 Å². The highest BCUT2D eigenvalue weighted by molar-refractivity contribution is 6.32. The summed E-state index contributed by atoms with van der Waals surface area (Å²) in [4.78, 5) is 11.7. The third-order valence-corrected chi connectivity index (χ3v) is 4.30. The Kier molecular flexibility index (Phi) is 7.54. The Hall–Kier alpha value is -2.46. The summed E-state index contributed by atoms with van der Waals surface area (Å²) in [5, 5.41) is 3.92. The van der Waals surface area contributed by atoms with Crippen molar-refractivity contribution in [3.05, 3.63) is 77.0 Å². The third-order valence-electron chi connectivity index (χ3n) is 4.01. The molecule has 5 heteroatoms. The molecule has 1 atom stereocenters. The molecule has 0 radical (unpaired) electrons. The van der Waals surface area contributed by atoms with Gasteiger partial charge in [-0.25, -0.2) is 0 Å². The largest absolute Gasteiger partial charge is 0.495 e. The molecule has 0 amide bonds. The van der Waals surface area contributed by atoms with E-state index in [-0.39, 0.29) is 18.4 Å². The first-order valence-corrected chi connectivity index (χ1v) is 8.77. The quantitative estimate of drug-likeness (QED) is 0.670. The summed E-state index contributed by atoms with van der Waals surface area (Å²) in [5.74, 6) is 0.389. The number of esters is 1. The fourth-order valence-electron chi connectivity index (χ4n) is 2.76. The van der Waals surface area contributed by atoms with Crippen LogP contribution in [0.5, 0.6) is 5.75 Å². The molecule has 0 spiro atoms. The highest BCUT2D eigenvalue weighted by atomic mass is 35.5. The van der Waals surface area contributed by atoms with Crippen LogP contribution >= 0.6 is 11.6 Å². The molecule has 0 bridgehead atoms. The van der Waals surface area contributed by atoms with Crippen molar-refractivity contribution in [2.75, 3.05) is 14.2 Å². The van der Waals surface area contributed by atoms with Gasteiger partial charge in [0.25, 0.3) is 0 Å². The van der Waals surface area contributed by atoms with Crippen LogP contribution in [-0.4, -0.2) is 26.2 Å². The maximum atomic E-state index is 11.7. The highest BCUT2D eigenvalue weighted by Crippen LogP contribution is 2.25. The minimum Gasteiger partial charge on any atom is -0.495 e. The lowest BCUT2D eigenvalue weighted by Gasteiger charge is -2.21. The molecule has 2 aromatic carbocycles. The smallest absolute Gasteiger partial charge is 0.307 e. The monoisotopic (exact) mass is 373 g/mol. The fraction of sp³-hybridized carbons (Fsp3) is 0.286. The second-order valence-corrected chi connectivity index (χ2v) is 6.47. The van der Waals surface area contributed by atoms with Crippen molar-refractivity contribution in [3.8, 4) is 5.75 Å². The number of rotatable bonds is 9. The number of nitrogens with one attached hydrogen (secondary N) is 1. The van der Waals surface area contributed by atoms with Crippen molar-refractivity contribution in [1.82, 2.24) is 5.32 Å². The Labute approximate surface area is 159 Å². The van der Waals surface area contributed by atoms with Crippen molar-refractivity contribution in [3.63, 3.8) is 0 Å². The van der Waals surface area contributed by atoms with Crippen LogP contribution in [0.4, 0.5) is 0 Å². The van der Waals surface area contributed by atoms with E-state index in [9.17, 15) is 4.79 Å². The molecule has 26 heavy (non-hydrogen) atoms. The number of ether oxygens (including phenoxy) is 2. The number of benzene rings is 2. The topological polar surface area (TPSA) is 47.6 Å². The van der Waals surface area contributed by atoms with Gasteiger partial charge in [-0.3, -0.25) is 4.79 Å². The predicted molar refractivity (Wildman–Crippen MR) is 105 cm³/mol. The van der Waals surface area contributed by atoms with Crippen molar-refractivity contribution in [2.45, 2.75) is 25.3 Å². The van der Waals surface area contributed by atoms with Crippen LogP contribution in [0.15, 0.2) is 60.8 Å².